The third-order valence-electron chi connectivity index (χ3n) is 7.27. The molecule has 1 aliphatic heterocycles. The predicted molar refractivity (Wildman–Crippen MR) is 149 cm³/mol. The van der Waals surface area contributed by atoms with Crippen LogP contribution in [0.25, 0.3) is 0 Å². The van der Waals surface area contributed by atoms with E-state index >= 15 is 0 Å². The Labute approximate surface area is 222 Å². The smallest absolute Gasteiger partial charge is 0.233 e. The fraction of sp³-hybridized carbons (Fsp3) is 0.188. The summed E-state index contributed by atoms with van der Waals surface area (Å²) in [5.74, 6) is 0.570. The van der Waals surface area contributed by atoms with Gasteiger partial charge in [0.25, 0.3) is 0 Å². The predicted octanol–water partition coefficient (Wildman–Crippen LogP) is 6.49. The molecule has 1 heterocycles. The van der Waals surface area contributed by atoms with E-state index in [1.54, 1.807) is 19.2 Å². The molecule has 4 aromatic rings. The molecule has 1 atom stereocenters. The molecular formula is C32H30FN3O2. The summed E-state index contributed by atoms with van der Waals surface area (Å²) < 4.78 is 18.6. The van der Waals surface area contributed by atoms with E-state index in [-0.39, 0.29) is 11.7 Å². The molecule has 5 nitrogen and oxygen atoms in total. The number of hydrogen-bond acceptors (Lipinski definition) is 4. The molecule has 6 heteroatoms. The summed E-state index contributed by atoms with van der Waals surface area (Å²) in [6.07, 6.45) is 2.55. The van der Waals surface area contributed by atoms with Crippen LogP contribution in [0.3, 0.4) is 0 Å². The number of benzene rings is 4. The van der Waals surface area contributed by atoms with Crippen molar-refractivity contribution in [2.75, 3.05) is 19.0 Å². The van der Waals surface area contributed by atoms with E-state index in [2.05, 4.69) is 17.4 Å². The van der Waals surface area contributed by atoms with Crippen molar-refractivity contribution in [2.24, 2.45) is 0 Å². The van der Waals surface area contributed by atoms with Crippen LogP contribution in [0.2, 0.25) is 0 Å². The van der Waals surface area contributed by atoms with E-state index < -0.39 is 5.41 Å². The van der Waals surface area contributed by atoms with Gasteiger partial charge in [0.2, 0.25) is 5.91 Å². The van der Waals surface area contributed by atoms with E-state index in [0.717, 1.165) is 33.8 Å². The highest BCUT2D eigenvalue weighted by molar-refractivity contribution is 5.93. The van der Waals surface area contributed by atoms with Gasteiger partial charge in [0.1, 0.15) is 11.6 Å². The lowest BCUT2D eigenvalue weighted by molar-refractivity contribution is -0.133. The number of rotatable bonds is 9. The van der Waals surface area contributed by atoms with Crippen molar-refractivity contribution in [3.63, 3.8) is 0 Å². The van der Waals surface area contributed by atoms with Gasteiger partial charge in [-0.25, -0.2) is 4.39 Å². The Balaban J connectivity index is 1.48. The van der Waals surface area contributed by atoms with Crippen LogP contribution in [0.5, 0.6) is 5.75 Å². The first-order chi connectivity index (χ1) is 18.5. The molecule has 4 aromatic carbocycles. The van der Waals surface area contributed by atoms with Crippen LogP contribution < -0.4 is 10.1 Å². The molecule has 1 aliphatic rings. The monoisotopic (exact) mass is 507 g/mol. The van der Waals surface area contributed by atoms with Gasteiger partial charge in [-0.2, -0.15) is 0 Å². The average molecular weight is 508 g/mol. The topological polar surface area (TPSA) is 65.4 Å². The minimum atomic E-state index is -0.736. The summed E-state index contributed by atoms with van der Waals surface area (Å²) in [6, 6.07) is 29.8. The Morgan fingerprint density at radius 2 is 1.71 bits per heavy atom. The van der Waals surface area contributed by atoms with Crippen LogP contribution in [0, 0.1) is 11.2 Å². The minimum absolute atomic E-state index is 0.0901. The van der Waals surface area contributed by atoms with Gasteiger partial charge in [-0.15, -0.1) is 0 Å². The van der Waals surface area contributed by atoms with Gasteiger partial charge in [0, 0.05) is 36.2 Å². The first-order valence-electron chi connectivity index (χ1n) is 12.6. The van der Waals surface area contributed by atoms with E-state index in [9.17, 15) is 9.18 Å². The number of anilines is 2. The molecule has 0 radical (unpaired) electrons. The van der Waals surface area contributed by atoms with Gasteiger partial charge in [-0.3, -0.25) is 4.79 Å². The second-order valence-corrected chi connectivity index (χ2v) is 9.65. The lowest BCUT2D eigenvalue weighted by Gasteiger charge is -2.30. The SMILES string of the molecule is COc1ccc(CN2CCC(Cc3ccccc3)(c3ccc(Nc4ccc(F)cc4)c(C=N)c3)C2=O)cc1. The third kappa shape index (κ3) is 5.16. The number of amides is 1. The summed E-state index contributed by atoms with van der Waals surface area (Å²) in [6.45, 7) is 1.17. The van der Waals surface area contributed by atoms with Crippen molar-refractivity contribution < 1.29 is 13.9 Å². The Morgan fingerprint density at radius 1 is 0.974 bits per heavy atom. The normalized spacial score (nSPS) is 16.9. The van der Waals surface area contributed by atoms with Crippen molar-refractivity contribution in [3.8, 4) is 5.75 Å². The summed E-state index contributed by atoms with van der Waals surface area (Å²) in [5.41, 5.74) is 4.42. The maximum atomic E-state index is 14.2. The second kappa shape index (κ2) is 10.9. The summed E-state index contributed by atoms with van der Waals surface area (Å²) in [5, 5.41) is 11.3. The fourth-order valence-electron chi connectivity index (χ4n) is 5.20. The number of methoxy groups -OCH3 is 1. The van der Waals surface area contributed by atoms with Crippen LogP contribution in [0.15, 0.2) is 97.1 Å². The molecule has 2 N–H and O–H groups in total. The van der Waals surface area contributed by atoms with E-state index in [0.29, 0.717) is 31.5 Å². The van der Waals surface area contributed by atoms with Gasteiger partial charge in [-0.05, 0) is 78.1 Å². The van der Waals surface area contributed by atoms with Gasteiger partial charge in [-0.1, -0.05) is 48.5 Å². The van der Waals surface area contributed by atoms with Crippen LogP contribution >= 0.6 is 0 Å². The molecule has 0 aliphatic carbocycles. The molecule has 0 bridgehead atoms. The Morgan fingerprint density at radius 3 is 2.39 bits per heavy atom. The maximum absolute atomic E-state index is 14.2. The molecule has 38 heavy (non-hydrogen) atoms. The first kappa shape index (κ1) is 25.2. The maximum Gasteiger partial charge on any atom is 0.233 e. The largest absolute Gasteiger partial charge is 0.497 e. The molecule has 192 valence electrons. The first-order valence-corrected chi connectivity index (χ1v) is 12.6. The Kier molecular flexibility index (Phi) is 7.22. The molecule has 0 saturated carbocycles. The highest BCUT2D eigenvalue weighted by Crippen LogP contribution is 2.41. The van der Waals surface area contributed by atoms with Crippen LogP contribution in [0.4, 0.5) is 15.8 Å². The highest BCUT2D eigenvalue weighted by atomic mass is 19.1. The lowest BCUT2D eigenvalue weighted by Crippen LogP contribution is -2.39. The van der Waals surface area contributed by atoms with E-state index in [4.69, 9.17) is 10.1 Å². The lowest BCUT2D eigenvalue weighted by atomic mass is 9.73. The zero-order valence-corrected chi connectivity index (χ0v) is 21.3. The van der Waals surface area contributed by atoms with Gasteiger partial charge >= 0.3 is 0 Å². The standard InChI is InChI=1S/C32H30FN3O2/c1-38-29-14-7-24(8-15-29)22-36-18-17-32(31(36)37,20-23-5-3-2-4-6-23)26-9-16-30(25(19-26)21-34)35-28-12-10-27(33)11-13-28/h2-16,19,21,34-35H,17-18,20,22H2,1H3. The molecule has 1 saturated heterocycles. The minimum Gasteiger partial charge on any atom is -0.497 e. The molecule has 0 aromatic heterocycles. The molecule has 5 rings (SSSR count). The van der Waals surface area contributed by atoms with Crippen molar-refractivity contribution in [3.05, 3.63) is 125 Å². The summed E-state index contributed by atoms with van der Waals surface area (Å²) >= 11 is 0. The molecule has 1 amide bonds. The number of likely N-dealkylation sites (tertiary alicyclic amines) is 1. The summed E-state index contributed by atoms with van der Waals surface area (Å²) in [7, 11) is 1.64. The fourth-order valence-corrected chi connectivity index (χ4v) is 5.20. The number of carbonyl (C=O) groups is 1. The zero-order chi connectivity index (χ0) is 26.5. The van der Waals surface area contributed by atoms with Crippen molar-refractivity contribution in [1.82, 2.24) is 4.90 Å². The van der Waals surface area contributed by atoms with E-state index in [1.807, 2.05) is 65.6 Å². The number of halogens is 1. The number of ether oxygens (including phenoxy) is 1. The van der Waals surface area contributed by atoms with Gasteiger partial charge < -0.3 is 20.4 Å². The summed E-state index contributed by atoms with van der Waals surface area (Å²) in [4.78, 5) is 16.1. The van der Waals surface area contributed by atoms with Gasteiger partial charge in [0.15, 0.2) is 0 Å². The Bertz CT molecular complexity index is 1420. The number of carbonyl (C=O) groups excluding carboxylic acids is 1. The zero-order valence-electron chi connectivity index (χ0n) is 21.3. The molecule has 1 fully saturated rings. The van der Waals surface area contributed by atoms with Crippen molar-refractivity contribution >= 4 is 23.5 Å². The molecule has 0 spiro atoms. The van der Waals surface area contributed by atoms with Crippen molar-refractivity contribution in [2.45, 2.75) is 24.8 Å². The van der Waals surface area contributed by atoms with Crippen LogP contribution in [-0.4, -0.2) is 30.7 Å². The van der Waals surface area contributed by atoms with Gasteiger partial charge in [0.05, 0.1) is 12.5 Å². The van der Waals surface area contributed by atoms with Crippen molar-refractivity contribution in [1.29, 1.82) is 5.41 Å². The Hall–Kier alpha value is -4.45. The highest BCUT2D eigenvalue weighted by Gasteiger charge is 2.48. The van der Waals surface area contributed by atoms with Crippen LogP contribution in [0.1, 0.15) is 28.7 Å². The third-order valence-corrected chi connectivity index (χ3v) is 7.27. The number of hydrogen-bond donors (Lipinski definition) is 2. The second-order valence-electron chi connectivity index (χ2n) is 9.65. The van der Waals surface area contributed by atoms with Crippen LogP contribution in [-0.2, 0) is 23.2 Å². The average Bonchev–Trinajstić information content (AvgIpc) is 3.26. The number of nitrogens with zero attached hydrogens (tertiary/aromatic N) is 1. The molecular weight excluding hydrogens is 477 g/mol. The quantitative estimate of drug-likeness (QED) is 0.255. The molecule has 1 unspecified atom stereocenters. The number of nitrogens with one attached hydrogen (secondary N) is 2. The van der Waals surface area contributed by atoms with E-state index in [1.165, 1.54) is 18.3 Å².